The zero-order valence-electron chi connectivity index (χ0n) is 12.0. The summed E-state index contributed by atoms with van der Waals surface area (Å²) in [5.74, 6) is 0.488. The van der Waals surface area contributed by atoms with E-state index in [4.69, 9.17) is 16.2 Å². The number of hydrogen-bond acceptors (Lipinski definition) is 4. The Labute approximate surface area is 110 Å². The third-order valence-electron chi connectivity index (χ3n) is 2.97. The van der Waals surface area contributed by atoms with Gasteiger partial charge in [0.15, 0.2) is 0 Å². The molecule has 0 aliphatic heterocycles. The number of nitrogens with two attached hydrogens (primary N) is 2. The van der Waals surface area contributed by atoms with Crippen LogP contribution in [0.3, 0.4) is 0 Å². The summed E-state index contributed by atoms with van der Waals surface area (Å²) < 4.78 is 5.81. The normalized spacial score (nSPS) is 15.4. The lowest BCUT2D eigenvalue weighted by atomic mass is 9.82. The number of hydrogen-bond donors (Lipinski definition) is 2. The SMILES string of the molecule is CCOC(C(N)c1cc(C)cnc1N)C(C)(C)C. The van der Waals surface area contributed by atoms with Crippen LogP contribution in [0.2, 0.25) is 0 Å². The number of pyridine rings is 1. The van der Waals surface area contributed by atoms with Crippen LogP contribution in [0.4, 0.5) is 5.82 Å². The Kier molecular flexibility index (Phi) is 4.71. The second kappa shape index (κ2) is 5.67. The zero-order valence-corrected chi connectivity index (χ0v) is 12.0. The lowest BCUT2D eigenvalue weighted by molar-refractivity contribution is -0.0282. The molecule has 4 N–H and O–H groups in total. The molecule has 0 saturated carbocycles. The predicted octanol–water partition coefficient (Wildman–Crippen LogP) is 2.42. The van der Waals surface area contributed by atoms with Crippen molar-refractivity contribution in [1.82, 2.24) is 4.98 Å². The van der Waals surface area contributed by atoms with E-state index in [0.717, 1.165) is 11.1 Å². The molecule has 0 aliphatic rings. The third kappa shape index (κ3) is 3.43. The van der Waals surface area contributed by atoms with Crippen molar-refractivity contribution in [2.75, 3.05) is 12.3 Å². The van der Waals surface area contributed by atoms with E-state index >= 15 is 0 Å². The van der Waals surface area contributed by atoms with Crippen LogP contribution in [0, 0.1) is 12.3 Å². The number of anilines is 1. The second-order valence-corrected chi connectivity index (χ2v) is 5.75. The van der Waals surface area contributed by atoms with E-state index in [1.54, 1.807) is 6.20 Å². The molecule has 18 heavy (non-hydrogen) atoms. The fraction of sp³-hybridized carbons (Fsp3) is 0.643. The van der Waals surface area contributed by atoms with Crippen molar-refractivity contribution in [3.8, 4) is 0 Å². The van der Waals surface area contributed by atoms with Gasteiger partial charge in [0.2, 0.25) is 0 Å². The molecule has 0 aliphatic carbocycles. The summed E-state index contributed by atoms with van der Waals surface area (Å²) in [5.41, 5.74) is 14.1. The molecule has 2 atom stereocenters. The smallest absolute Gasteiger partial charge is 0.128 e. The van der Waals surface area contributed by atoms with Gasteiger partial charge in [-0.25, -0.2) is 4.98 Å². The predicted molar refractivity (Wildman–Crippen MR) is 75.2 cm³/mol. The maximum Gasteiger partial charge on any atom is 0.128 e. The maximum atomic E-state index is 6.34. The van der Waals surface area contributed by atoms with Gasteiger partial charge >= 0.3 is 0 Å². The van der Waals surface area contributed by atoms with Gasteiger partial charge in [-0.3, -0.25) is 0 Å². The first-order valence-corrected chi connectivity index (χ1v) is 6.36. The number of nitrogens with zero attached hydrogens (tertiary/aromatic N) is 1. The first kappa shape index (κ1) is 14.9. The Morgan fingerprint density at radius 3 is 2.50 bits per heavy atom. The van der Waals surface area contributed by atoms with Crippen molar-refractivity contribution in [3.63, 3.8) is 0 Å². The molecule has 1 aromatic rings. The summed E-state index contributed by atoms with van der Waals surface area (Å²) in [6.07, 6.45) is 1.66. The van der Waals surface area contributed by atoms with E-state index in [9.17, 15) is 0 Å². The van der Waals surface area contributed by atoms with Crippen LogP contribution in [0.25, 0.3) is 0 Å². The molecule has 0 bridgehead atoms. The Bertz CT molecular complexity index is 399. The van der Waals surface area contributed by atoms with Crippen LogP contribution in [0.1, 0.15) is 44.9 Å². The van der Waals surface area contributed by atoms with Crippen LogP contribution in [-0.4, -0.2) is 17.7 Å². The Morgan fingerprint density at radius 2 is 2.00 bits per heavy atom. The van der Waals surface area contributed by atoms with Gasteiger partial charge in [0.25, 0.3) is 0 Å². The minimum absolute atomic E-state index is 0.0500. The van der Waals surface area contributed by atoms with Crippen molar-refractivity contribution < 1.29 is 4.74 Å². The minimum atomic E-state index is -0.266. The van der Waals surface area contributed by atoms with E-state index in [-0.39, 0.29) is 17.6 Å². The molecule has 2 unspecified atom stereocenters. The Morgan fingerprint density at radius 1 is 1.39 bits per heavy atom. The Balaban J connectivity index is 3.09. The third-order valence-corrected chi connectivity index (χ3v) is 2.97. The van der Waals surface area contributed by atoms with Crippen molar-refractivity contribution in [2.24, 2.45) is 11.1 Å². The van der Waals surface area contributed by atoms with Gasteiger partial charge in [0, 0.05) is 18.4 Å². The summed E-state index contributed by atoms with van der Waals surface area (Å²) >= 11 is 0. The average molecular weight is 251 g/mol. The monoisotopic (exact) mass is 251 g/mol. The van der Waals surface area contributed by atoms with Crippen LogP contribution < -0.4 is 11.5 Å². The molecule has 0 spiro atoms. The summed E-state index contributed by atoms with van der Waals surface area (Å²) in [5, 5.41) is 0. The van der Waals surface area contributed by atoms with Crippen molar-refractivity contribution in [2.45, 2.75) is 46.8 Å². The number of aromatic nitrogens is 1. The fourth-order valence-electron chi connectivity index (χ4n) is 2.10. The molecule has 0 radical (unpaired) electrons. The molecule has 0 aromatic carbocycles. The van der Waals surface area contributed by atoms with Gasteiger partial charge in [0.05, 0.1) is 12.1 Å². The highest BCUT2D eigenvalue weighted by Crippen LogP contribution is 2.33. The van der Waals surface area contributed by atoms with E-state index in [1.807, 2.05) is 19.9 Å². The lowest BCUT2D eigenvalue weighted by Gasteiger charge is -2.35. The molecular weight excluding hydrogens is 226 g/mol. The number of nitrogen functional groups attached to an aromatic ring is 1. The maximum absolute atomic E-state index is 6.34. The number of rotatable bonds is 4. The van der Waals surface area contributed by atoms with Gasteiger partial charge in [-0.15, -0.1) is 0 Å². The summed E-state index contributed by atoms with van der Waals surface area (Å²) in [6.45, 7) is 10.9. The molecular formula is C14H25N3O. The van der Waals surface area contributed by atoms with Crippen LogP contribution >= 0.6 is 0 Å². The highest BCUT2D eigenvalue weighted by atomic mass is 16.5. The van der Waals surface area contributed by atoms with Crippen molar-refractivity contribution in [3.05, 3.63) is 23.4 Å². The summed E-state index contributed by atoms with van der Waals surface area (Å²) in [4.78, 5) is 4.17. The highest BCUT2D eigenvalue weighted by molar-refractivity contribution is 5.43. The molecule has 0 fully saturated rings. The van der Waals surface area contributed by atoms with Crippen LogP contribution in [-0.2, 0) is 4.74 Å². The number of aryl methyl sites for hydroxylation is 1. The average Bonchev–Trinajstić information content (AvgIpc) is 2.27. The van der Waals surface area contributed by atoms with E-state index in [1.165, 1.54) is 0 Å². The molecule has 1 heterocycles. The summed E-state index contributed by atoms with van der Waals surface area (Å²) in [6, 6.07) is 1.72. The standard InChI is InChI=1S/C14H25N3O/c1-6-18-12(14(3,4)5)11(15)10-7-9(2)8-17-13(10)16/h7-8,11-12H,6,15H2,1-5H3,(H2,16,17). The van der Waals surface area contributed by atoms with Gasteiger partial charge in [0.1, 0.15) is 5.82 Å². The minimum Gasteiger partial charge on any atom is -0.383 e. The van der Waals surface area contributed by atoms with Crippen LogP contribution in [0.5, 0.6) is 0 Å². The first-order valence-electron chi connectivity index (χ1n) is 6.36. The Hall–Kier alpha value is -1.13. The van der Waals surface area contributed by atoms with Crippen molar-refractivity contribution >= 4 is 5.82 Å². The largest absolute Gasteiger partial charge is 0.383 e. The van der Waals surface area contributed by atoms with Crippen molar-refractivity contribution in [1.29, 1.82) is 0 Å². The topological polar surface area (TPSA) is 74.2 Å². The lowest BCUT2D eigenvalue weighted by Crippen LogP contribution is -2.39. The van der Waals surface area contributed by atoms with Gasteiger partial charge in [-0.1, -0.05) is 20.8 Å². The van der Waals surface area contributed by atoms with E-state index in [2.05, 4.69) is 25.8 Å². The molecule has 4 heteroatoms. The van der Waals surface area contributed by atoms with Gasteiger partial charge in [-0.05, 0) is 30.9 Å². The fourth-order valence-corrected chi connectivity index (χ4v) is 2.10. The van der Waals surface area contributed by atoms with Gasteiger partial charge in [-0.2, -0.15) is 0 Å². The molecule has 1 rings (SSSR count). The van der Waals surface area contributed by atoms with E-state index in [0.29, 0.717) is 12.4 Å². The molecule has 0 saturated heterocycles. The molecule has 1 aromatic heterocycles. The molecule has 102 valence electrons. The second-order valence-electron chi connectivity index (χ2n) is 5.75. The molecule has 0 amide bonds. The summed E-state index contributed by atoms with van der Waals surface area (Å²) in [7, 11) is 0. The van der Waals surface area contributed by atoms with Gasteiger partial charge < -0.3 is 16.2 Å². The van der Waals surface area contributed by atoms with E-state index < -0.39 is 0 Å². The van der Waals surface area contributed by atoms with Crippen LogP contribution in [0.15, 0.2) is 12.3 Å². The highest BCUT2D eigenvalue weighted by Gasteiger charge is 2.32. The first-order chi connectivity index (χ1) is 8.27. The zero-order chi connectivity index (χ0) is 13.9. The quantitative estimate of drug-likeness (QED) is 0.862. The molecule has 4 nitrogen and oxygen atoms in total. The number of ether oxygens (including phenoxy) is 1.